The Bertz CT molecular complexity index is 456. The molecule has 1 aromatic rings. The van der Waals surface area contributed by atoms with E-state index in [1.54, 1.807) is 4.90 Å². The van der Waals surface area contributed by atoms with Crippen LogP contribution in [0.5, 0.6) is 0 Å². The van der Waals surface area contributed by atoms with E-state index in [0.29, 0.717) is 13.1 Å². The van der Waals surface area contributed by atoms with Gasteiger partial charge in [-0.25, -0.2) is 4.79 Å². The van der Waals surface area contributed by atoms with Crippen LogP contribution < -0.4 is 5.32 Å². The molecule has 1 unspecified atom stereocenters. The molecule has 4 nitrogen and oxygen atoms in total. The van der Waals surface area contributed by atoms with Gasteiger partial charge in [-0.3, -0.25) is 10.1 Å². The Morgan fingerprint density at radius 1 is 1.41 bits per heavy atom. The Hall–Kier alpha value is -1.84. The number of aryl methyl sites for hydroxylation is 1. The summed E-state index contributed by atoms with van der Waals surface area (Å²) in [6.45, 7) is 4.88. The molecular weight excluding hydrogens is 216 g/mol. The molecule has 0 saturated carbocycles. The summed E-state index contributed by atoms with van der Waals surface area (Å²) in [6, 6.07) is 7.73. The molecule has 0 radical (unpaired) electrons. The molecule has 0 aliphatic carbocycles. The van der Waals surface area contributed by atoms with E-state index in [1.165, 1.54) is 5.56 Å². The highest BCUT2D eigenvalue weighted by molar-refractivity contribution is 5.97. The molecule has 1 fully saturated rings. The largest absolute Gasteiger partial charge is 0.324 e. The fourth-order valence-corrected chi connectivity index (χ4v) is 1.97. The first-order chi connectivity index (χ1) is 8.06. The van der Waals surface area contributed by atoms with Gasteiger partial charge in [0.25, 0.3) is 0 Å². The van der Waals surface area contributed by atoms with Crippen molar-refractivity contribution in [3.8, 4) is 0 Å². The Kier molecular flexibility index (Phi) is 3.13. The summed E-state index contributed by atoms with van der Waals surface area (Å²) in [5.74, 6) is -0.326. The number of nitrogens with one attached hydrogen (secondary N) is 1. The van der Waals surface area contributed by atoms with Crippen molar-refractivity contribution in [2.75, 3.05) is 6.54 Å². The molecule has 90 valence electrons. The van der Waals surface area contributed by atoms with Crippen molar-refractivity contribution in [3.63, 3.8) is 0 Å². The average molecular weight is 232 g/mol. The topological polar surface area (TPSA) is 49.4 Å². The first-order valence-corrected chi connectivity index (χ1v) is 5.71. The zero-order valence-electron chi connectivity index (χ0n) is 10.1. The minimum Gasteiger partial charge on any atom is -0.319 e. The number of urea groups is 1. The Balaban J connectivity index is 2.08. The van der Waals surface area contributed by atoms with Crippen LogP contribution in [0.1, 0.15) is 18.1 Å². The highest BCUT2D eigenvalue weighted by Gasteiger charge is 2.28. The third-order valence-electron chi connectivity index (χ3n) is 2.92. The highest BCUT2D eigenvalue weighted by Crippen LogP contribution is 2.13. The van der Waals surface area contributed by atoms with Gasteiger partial charge in [0.15, 0.2) is 0 Å². The van der Waals surface area contributed by atoms with Gasteiger partial charge < -0.3 is 4.90 Å². The van der Waals surface area contributed by atoms with E-state index in [9.17, 15) is 9.59 Å². The quantitative estimate of drug-likeness (QED) is 0.843. The van der Waals surface area contributed by atoms with Crippen LogP contribution in [0.4, 0.5) is 4.79 Å². The third-order valence-corrected chi connectivity index (χ3v) is 2.92. The van der Waals surface area contributed by atoms with Gasteiger partial charge >= 0.3 is 6.03 Å². The van der Waals surface area contributed by atoms with Gasteiger partial charge in [-0.1, -0.05) is 36.8 Å². The minimum atomic E-state index is -0.297. The molecule has 3 amide bonds. The molecule has 0 aromatic heterocycles. The Labute approximate surface area is 101 Å². The molecule has 0 spiro atoms. The van der Waals surface area contributed by atoms with E-state index in [1.807, 2.05) is 38.1 Å². The summed E-state index contributed by atoms with van der Waals surface area (Å²) >= 11 is 0. The molecule has 4 heteroatoms. The molecule has 1 heterocycles. The van der Waals surface area contributed by atoms with Gasteiger partial charge in [-0.2, -0.15) is 0 Å². The molecule has 0 bridgehead atoms. The number of nitrogens with zero attached hydrogens (tertiary/aromatic N) is 1. The van der Waals surface area contributed by atoms with Crippen molar-refractivity contribution in [1.82, 2.24) is 10.2 Å². The number of carbonyl (C=O) groups is 2. The van der Waals surface area contributed by atoms with Gasteiger partial charge in [0.1, 0.15) is 0 Å². The number of hydrogen-bond acceptors (Lipinski definition) is 2. The maximum absolute atomic E-state index is 11.6. The molecule has 2 rings (SSSR count). The maximum atomic E-state index is 11.6. The molecule has 1 aliphatic rings. The van der Waals surface area contributed by atoms with Crippen molar-refractivity contribution in [2.45, 2.75) is 20.4 Å². The van der Waals surface area contributed by atoms with Crippen LogP contribution in [0.2, 0.25) is 0 Å². The third kappa shape index (κ3) is 2.64. The Morgan fingerprint density at radius 3 is 2.88 bits per heavy atom. The molecule has 1 atom stereocenters. The molecule has 1 N–H and O–H groups in total. The van der Waals surface area contributed by atoms with E-state index >= 15 is 0 Å². The van der Waals surface area contributed by atoms with Crippen LogP contribution in [-0.4, -0.2) is 23.4 Å². The average Bonchev–Trinajstić information content (AvgIpc) is 2.26. The number of benzene rings is 1. The fourth-order valence-electron chi connectivity index (χ4n) is 1.97. The summed E-state index contributed by atoms with van der Waals surface area (Å²) in [5, 5.41) is 2.36. The standard InChI is InChI=1S/C13H16N2O2/c1-9-4-3-5-11(6-9)8-15-7-10(2)12(16)14-13(15)17/h3-6,10H,7-8H2,1-2H3,(H,14,16,17). The summed E-state index contributed by atoms with van der Waals surface area (Å²) in [5.41, 5.74) is 2.26. The van der Waals surface area contributed by atoms with Crippen LogP contribution in [-0.2, 0) is 11.3 Å². The number of hydrogen-bond donors (Lipinski definition) is 1. The summed E-state index contributed by atoms with van der Waals surface area (Å²) in [7, 11) is 0. The van der Waals surface area contributed by atoms with Gasteiger partial charge in [0.05, 0.1) is 5.92 Å². The van der Waals surface area contributed by atoms with E-state index in [-0.39, 0.29) is 17.9 Å². The van der Waals surface area contributed by atoms with Gasteiger partial charge in [-0.15, -0.1) is 0 Å². The first-order valence-electron chi connectivity index (χ1n) is 5.71. The fraction of sp³-hybridized carbons (Fsp3) is 0.385. The number of amides is 3. The van der Waals surface area contributed by atoms with Crippen molar-refractivity contribution in [2.24, 2.45) is 5.92 Å². The number of imide groups is 1. The lowest BCUT2D eigenvalue weighted by molar-refractivity contribution is -0.125. The van der Waals surface area contributed by atoms with Crippen molar-refractivity contribution >= 4 is 11.9 Å². The van der Waals surface area contributed by atoms with E-state index in [4.69, 9.17) is 0 Å². The second kappa shape index (κ2) is 4.57. The van der Waals surface area contributed by atoms with Gasteiger partial charge in [-0.05, 0) is 12.5 Å². The molecule has 1 aliphatic heterocycles. The van der Waals surface area contributed by atoms with Crippen LogP contribution in [0.25, 0.3) is 0 Å². The minimum absolute atomic E-state index is 0.141. The lowest BCUT2D eigenvalue weighted by atomic mass is 10.1. The monoisotopic (exact) mass is 232 g/mol. The molecular formula is C13H16N2O2. The normalized spacial score (nSPS) is 20.4. The predicted octanol–water partition coefficient (Wildman–Crippen LogP) is 1.68. The van der Waals surface area contributed by atoms with Crippen LogP contribution in [0.15, 0.2) is 24.3 Å². The van der Waals surface area contributed by atoms with E-state index < -0.39 is 0 Å². The van der Waals surface area contributed by atoms with Gasteiger partial charge in [0, 0.05) is 13.1 Å². The zero-order valence-corrected chi connectivity index (χ0v) is 10.1. The molecule has 1 aromatic carbocycles. The van der Waals surface area contributed by atoms with Crippen LogP contribution >= 0.6 is 0 Å². The van der Waals surface area contributed by atoms with Crippen LogP contribution in [0.3, 0.4) is 0 Å². The van der Waals surface area contributed by atoms with Crippen molar-refractivity contribution in [1.29, 1.82) is 0 Å². The summed E-state index contributed by atoms with van der Waals surface area (Å²) < 4.78 is 0. The van der Waals surface area contributed by atoms with E-state index in [2.05, 4.69) is 5.32 Å². The smallest absolute Gasteiger partial charge is 0.319 e. The predicted molar refractivity (Wildman–Crippen MR) is 64.3 cm³/mol. The van der Waals surface area contributed by atoms with E-state index in [0.717, 1.165) is 5.56 Å². The van der Waals surface area contributed by atoms with Crippen LogP contribution in [0, 0.1) is 12.8 Å². The lowest BCUT2D eigenvalue weighted by Gasteiger charge is -2.30. The zero-order chi connectivity index (χ0) is 12.4. The highest BCUT2D eigenvalue weighted by atomic mass is 16.2. The second-order valence-corrected chi connectivity index (χ2v) is 4.57. The SMILES string of the molecule is Cc1cccc(CN2CC(C)C(=O)NC2=O)c1. The van der Waals surface area contributed by atoms with Gasteiger partial charge in [0.2, 0.25) is 5.91 Å². The Morgan fingerprint density at radius 2 is 2.18 bits per heavy atom. The summed E-state index contributed by atoms with van der Waals surface area (Å²) in [4.78, 5) is 24.6. The van der Waals surface area contributed by atoms with Crippen molar-refractivity contribution < 1.29 is 9.59 Å². The van der Waals surface area contributed by atoms with Crippen molar-refractivity contribution in [3.05, 3.63) is 35.4 Å². The lowest BCUT2D eigenvalue weighted by Crippen LogP contribution is -2.53. The summed E-state index contributed by atoms with van der Waals surface area (Å²) in [6.07, 6.45) is 0. The molecule has 17 heavy (non-hydrogen) atoms. The molecule has 1 saturated heterocycles. The maximum Gasteiger partial charge on any atom is 0.324 e. The first kappa shape index (κ1) is 11.6. The number of rotatable bonds is 2. The number of carbonyl (C=O) groups excluding carboxylic acids is 2. The second-order valence-electron chi connectivity index (χ2n) is 4.57.